The van der Waals surface area contributed by atoms with Crippen molar-refractivity contribution in [1.82, 2.24) is 0 Å². The molecule has 0 saturated heterocycles. The molecule has 62 valence electrons. The highest BCUT2D eigenvalue weighted by molar-refractivity contribution is 14.9. The lowest BCUT2D eigenvalue weighted by atomic mass is 10.4. The summed E-state index contributed by atoms with van der Waals surface area (Å²) in [6.45, 7) is 2.70. The van der Waals surface area contributed by atoms with Gasteiger partial charge in [0.1, 0.15) is 0 Å². The number of carbonyl (C=O) groups is 1. The molecule has 0 rings (SSSR count). The molecule has 0 unspecified atom stereocenters. The van der Waals surface area contributed by atoms with Crippen molar-refractivity contribution in [2.45, 2.75) is 19.8 Å². The van der Waals surface area contributed by atoms with E-state index in [9.17, 15) is 4.79 Å². The Morgan fingerprint density at radius 2 is 2.40 bits per heavy atom. The van der Waals surface area contributed by atoms with Crippen LogP contribution in [0.25, 0.3) is 0 Å². The van der Waals surface area contributed by atoms with Gasteiger partial charge in [-0.25, -0.2) is 4.79 Å². The van der Waals surface area contributed by atoms with Crippen molar-refractivity contribution in [2.24, 2.45) is 0 Å². The highest BCUT2D eigenvalue weighted by Gasteiger charge is 1.94. The molecule has 0 aromatic heterocycles. The van der Waals surface area contributed by atoms with Gasteiger partial charge in [0, 0.05) is 14.4 Å². The summed E-state index contributed by atoms with van der Waals surface area (Å²) < 4.78 is 4.98. The van der Waals surface area contributed by atoms with E-state index < -0.39 is 0 Å². The summed E-state index contributed by atoms with van der Waals surface area (Å²) in [6, 6.07) is 0. The smallest absolute Gasteiger partial charge is 0.367 e. The Hall–Kier alpha value is 1.41. The summed E-state index contributed by atoms with van der Waals surface area (Å²) in [6.07, 6.45) is 2.09. The van der Waals surface area contributed by atoms with Gasteiger partial charge in [0.15, 0.2) is 0 Å². The molecular weight excluding hydrogens is 426 g/mol. The monoisotopic (exact) mass is 434 g/mol. The van der Waals surface area contributed by atoms with E-state index in [-0.39, 0.29) is 34.9 Å². The maximum absolute atomic E-state index is 10.7. The van der Waals surface area contributed by atoms with Crippen LogP contribution in [0.1, 0.15) is 19.8 Å². The number of halogens is 3. The second-order valence-electron chi connectivity index (χ2n) is 1.57. The molecule has 0 amide bonds. The van der Waals surface area contributed by atoms with Gasteiger partial charge in [0.2, 0.25) is 0 Å². The molecule has 0 saturated carbocycles. The first-order chi connectivity index (χ1) is 4.81. The van der Waals surface area contributed by atoms with Crippen LogP contribution in [0.3, 0.4) is 0 Å². The lowest BCUT2D eigenvalue weighted by molar-refractivity contribution is 0.177. The summed E-state index contributed by atoms with van der Waals surface area (Å²) in [5.41, 5.74) is 0. The molecule has 0 fully saturated rings. The van der Waals surface area contributed by atoms with Crippen LogP contribution in [-0.2, 0) is 4.74 Å². The number of carbonyl (C=O) groups excluding carboxylic acids is 1. The summed E-state index contributed by atoms with van der Waals surface area (Å²) >= 11 is 3.02. The van der Waals surface area contributed by atoms with Crippen LogP contribution >= 0.6 is 43.7 Å². The lowest BCUT2D eigenvalue weighted by Gasteiger charge is -1.96. The third-order valence-corrected chi connectivity index (χ3v) is 9.96. The number of rotatable bonds is 4. The van der Waals surface area contributed by atoms with Gasteiger partial charge in [0.05, 0.1) is 23.2 Å². The van der Waals surface area contributed by atoms with E-state index >= 15 is 0 Å². The van der Waals surface area contributed by atoms with Crippen molar-refractivity contribution in [3.8, 4) is 0 Å². The molecule has 0 aliphatic rings. The molecule has 0 aromatic rings. The Bertz CT molecular complexity index is 127. The molecule has 0 spiro atoms. The minimum absolute atomic E-state index is 0.00715. The molecule has 5 heteroatoms. The second-order valence-corrected chi connectivity index (χ2v) is 18.2. The van der Waals surface area contributed by atoms with Gasteiger partial charge < -0.3 is 4.74 Å². The topological polar surface area (TPSA) is 26.3 Å². The third-order valence-electron chi connectivity index (χ3n) is 0.799. The van der Waals surface area contributed by atoms with Crippen molar-refractivity contribution in [3.05, 3.63) is 0 Å². The molecule has 0 bridgehead atoms. The van der Waals surface area contributed by atoms with Gasteiger partial charge in [-0.05, 0) is 19.1 Å². The van der Waals surface area contributed by atoms with E-state index in [2.05, 4.69) is 19.6 Å². The Morgan fingerprint density at radius 1 is 1.70 bits per heavy atom. The van der Waals surface area contributed by atoms with Crippen LogP contribution in [0.15, 0.2) is 0 Å². The Balaban J connectivity index is 3.22. The molecule has 0 aliphatic carbocycles. The first-order valence-electron chi connectivity index (χ1n) is 2.88. The average molecular weight is 435 g/mol. The van der Waals surface area contributed by atoms with Gasteiger partial charge in [-0.1, -0.05) is 13.3 Å². The average Bonchev–Trinajstić information content (AvgIpc) is 1.89. The number of ether oxygens (including phenoxy) is 1. The van der Waals surface area contributed by atoms with E-state index in [1.54, 1.807) is 0 Å². The van der Waals surface area contributed by atoms with Crippen molar-refractivity contribution < 1.29 is 9.53 Å². The Labute approximate surface area is 82.5 Å². The highest BCUT2D eigenvalue weighted by Crippen LogP contribution is 2.25. The zero-order valence-corrected chi connectivity index (χ0v) is 11.5. The fourth-order valence-electron chi connectivity index (χ4n) is 0.339. The first-order valence-corrected chi connectivity index (χ1v) is 15.1. The van der Waals surface area contributed by atoms with E-state index in [1.165, 1.54) is 0 Å². The molecule has 0 N–H and O–H groups in total. The van der Waals surface area contributed by atoms with Crippen molar-refractivity contribution in [2.75, 3.05) is 6.61 Å². The molecule has 0 aromatic carbocycles. The molecule has 10 heavy (non-hydrogen) atoms. The molecule has 0 aliphatic heterocycles. The maximum Gasteiger partial charge on any atom is 0.367 e. The van der Waals surface area contributed by atoms with Crippen LogP contribution < -0.4 is 0 Å². The van der Waals surface area contributed by atoms with E-state index in [1.807, 2.05) is 0 Å². The summed E-state index contributed by atoms with van der Waals surface area (Å²) in [7, 11) is 0. The normalized spacial score (nSPS) is 11.8. The molecule has 0 atom stereocenters. The minimum Gasteiger partial charge on any atom is -0.458 e. The SMILES string of the molecule is CCCCOC(=O)/I=I/Br. The zero-order valence-electron chi connectivity index (χ0n) is 5.57. The van der Waals surface area contributed by atoms with Gasteiger partial charge in [-0.2, -0.15) is 0 Å². The quantitative estimate of drug-likeness (QED) is 0.378. The van der Waals surface area contributed by atoms with E-state index in [0.717, 1.165) is 12.8 Å². The van der Waals surface area contributed by atoms with Gasteiger partial charge >= 0.3 is 3.98 Å². The van der Waals surface area contributed by atoms with Crippen LogP contribution in [0, 0.1) is 0 Å². The third kappa shape index (κ3) is 7.52. The van der Waals surface area contributed by atoms with Crippen LogP contribution in [0.4, 0.5) is 4.79 Å². The number of unbranched alkanes of at least 4 members (excludes halogenated alkanes) is 1. The minimum atomic E-state index is -0.287. The van der Waals surface area contributed by atoms with Crippen LogP contribution in [0.5, 0.6) is 0 Å². The van der Waals surface area contributed by atoms with Gasteiger partial charge in [-0.3, -0.25) is 0 Å². The Morgan fingerprint density at radius 3 is 2.90 bits per heavy atom. The second kappa shape index (κ2) is 8.51. The summed E-state index contributed by atoms with van der Waals surface area (Å²) in [5.74, 6) is 0. The largest absolute Gasteiger partial charge is 0.458 e. The van der Waals surface area contributed by atoms with Crippen molar-refractivity contribution in [1.29, 1.82) is 0 Å². The molecule has 2 nitrogen and oxygen atoms in total. The molecule has 0 radical (unpaired) electrons. The summed E-state index contributed by atoms with van der Waals surface area (Å²) in [5, 5.41) is 0. The lowest BCUT2D eigenvalue weighted by Crippen LogP contribution is -1.94. The standard InChI is InChI=1S/C5H9BrI2O2/c1-2-3-4-10-5(9)7-8-6/h2-4H2,1H3. The highest BCUT2D eigenvalue weighted by atomic mass is 128. The van der Waals surface area contributed by atoms with Gasteiger partial charge in [-0.15, -0.1) is 0 Å². The number of hydrogen-bond donors (Lipinski definition) is 0. The first kappa shape index (κ1) is 11.4. The maximum atomic E-state index is 10.7. The van der Waals surface area contributed by atoms with E-state index in [4.69, 9.17) is 4.74 Å². The zero-order chi connectivity index (χ0) is 7.82. The fraction of sp³-hybridized carbons (Fsp3) is 0.800. The summed E-state index contributed by atoms with van der Waals surface area (Å²) in [4.78, 5) is 10.7. The Kier molecular flexibility index (Phi) is 9.71. The van der Waals surface area contributed by atoms with Crippen LogP contribution in [-0.4, -0.2) is 10.6 Å². The fourth-order valence-corrected chi connectivity index (χ4v) is 6.60. The molecule has 0 heterocycles. The number of hydrogen-bond acceptors (Lipinski definition) is 2. The van der Waals surface area contributed by atoms with Crippen molar-refractivity contribution in [3.63, 3.8) is 0 Å². The van der Waals surface area contributed by atoms with Crippen molar-refractivity contribution >= 4 is 47.6 Å². The van der Waals surface area contributed by atoms with Crippen LogP contribution in [0.2, 0.25) is 0 Å². The van der Waals surface area contributed by atoms with Gasteiger partial charge in [0.25, 0.3) is 0 Å². The van der Waals surface area contributed by atoms with E-state index in [0.29, 0.717) is 6.61 Å². The predicted octanol–water partition coefficient (Wildman–Crippen LogP) is 4.09. The predicted molar refractivity (Wildman–Crippen MR) is 63.2 cm³/mol. The molecular formula is C5H9BrI2O2.